The number of halogens is 2. The van der Waals surface area contributed by atoms with E-state index in [9.17, 15) is 13.6 Å². The Labute approximate surface area is 181 Å². The van der Waals surface area contributed by atoms with E-state index in [-0.39, 0.29) is 29.4 Å². The lowest BCUT2D eigenvalue weighted by molar-refractivity contribution is -0.00249. The molecule has 0 N–H and O–H groups in total. The van der Waals surface area contributed by atoms with E-state index in [0.29, 0.717) is 13.2 Å². The van der Waals surface area contributed by atoms with Crippen molar-refractivity contribution in [3.63, 3.8) is 0 Å². The third kappa shape index (κ3) is 5.22. The molecule has 1 spiro atoms. The molecule has 5 nitrogen and oxygen atoms in total. The summed E-state index contributed by atoms with van der Waals surface area (Å²) in [7, 11) is 1.78. The van der Waals surface area contributed by atoms with Crippen LogP contribution < -0.4 is 0 Å². The van der Waals surface area contributed by atoms with E-state index in [1.54, 1.807) is 36.2 Å². The van der Waals surface area contributed by atoms with Gasteiger partial charge in [-0.15, -0.1) is 0 Å². The monoisotopic (exact) mass is 430 g/mol. The van der Waals surface area contributed by atoms with Crippen molar-refractivity contribution in [3.05, 3.63) is 71.3 Å². The number of hydrogen-bond acceptors (Lipinski definition) is 4. The molecule has 0 aromatic heterocycles. The van der Waals surface area contributed by atoms with Crippen LogP contribution in [0.3, 0.4) is 0 Å². The predicted molar refractivity (Wildman–Crippen MR) is 113 cm³/mol. The van der Waals surface area contributed by atoms with Crippen LogP contribution in [0.25, 0.3) is 0 Å². The molecule has 2 heterocycles. The van der Waals surface area contributed by atoms with Gasteiger partial charge in [-0.1, -0.05) is 24.3 Å². The Kier molecular flexibility index (Phi) is 6.53. The topological polar surface area (TPSA) is 42.0 Å². The minimum absolute atomic E-state index is 0.227. The molecular weight excluding hydrogens is 402 g/mol. The van der Waals surface area contributed by atoms with Crippen molar-refractivity contribution in [2.45, 2.75) is 31.0 Å². The maximum Gasteiger partial charge on any atom is 0.410 e. The molecule has 0 unspecified atom stereocenters. The molecule has 0 aliphatic carbocycles. The van der Waals surface area contributed by atoms with Gasteiger partial charge in [0.15, 0.2) is 0 Å². The number of carbonyl (C=O) groups is 1. The zero-order chi connectivity index (χ0) is 21.8. The molecule has 0 saturated carbocycles. The van der Waals surface area contributed by atoms with Crippen LogP contribution in [0.2, 0.25) is 0 Å². The van der Waals surface area contributed by atoms with E-state index in [1.165, 1.54) is 24.3 Å². The number of amides is 1. The average Bonchev–Trinajstić information content (AvgIpc) is 3.04. The molecule has 1 amide bonds. The Bertz CT molecular complexity index is 835. The highest BCUT2D eigenvalue weighted by atomic mass is 19.1. The van der Waals surface area contributed by atoms with E-state index in [1.807, 2.05) is 0 Å². The van der Waals surface area contributed by atoms with Crippen molar-refractivity contribution in [2.75, 3.05) is 39.8 Å². The van der Waals surface area contributed by atoms with Gasteiger partial charge in [-0.25, -0.2) is 13.6 Å². The summed E-state index contributed by atoms with van der Waals surface area (Å²) >= 11 is 0. The number of carbonyl (C=O) groups excluding carboxylic acids is 1. The molecule has 0 radical (unpaired) electrons. The first kappa shape index (κ1) is 21.7. The lowest BCUT2D eigenvalue weighted by atomic mass is 9.91. The van der Waals surface area contributed by atoms with E-state index < -0.39 is 0 Å². The summed E-state index contributed by atoms with van der Waals surface area (Å²) in [6, 6.07) is 12.4. The second-order valence-electron chi connectivity index (χ2n) is 8.46. The van der Waals surface area contributed by atoms with Crippen LogP contribution in [0.1, 0.15) is 36.5 Å². The third-order valence-corrected chi connectivity index (χ3v) is 6.16. The molecular formula is C24H28F2N2O3. The molecule has 2 aromatic carbocycles. The lowest BCUT2D eigenvalue weighted by Gasteiger charge is -2.37. The highest BCUT2D eigenvalue weighted by Crippen LogP contribution is 2.32. The van der Waals surface area contributed by atoms with Crippen molar-refractivity contribution in [2.24, 2.45) is 0 Å². The Morgan fingerprint density at radius 3 is 2.03 bits per heavy atom. The largest absolute Gasteiger partial charge is 0.441 e. The average molecular weight is 430 g/mol. The first-order chi connectivity index (χ1) is 14.9. The van der Waals surface area contributed by atoms with Gasteiger partial charge in [-0.3, -0.25) is 0 Å². The van der Waals surface area contributed by atoms with Gasteiger partial charge in [-0.2, -0.15) is 0 Å². The molecule has 31 heavy (non-hydrogen) atoms. The fourth-order valence-corrected chi connectivity index (χ4v) is 4.39. The van der Waals surface area contributed by atoms with Gasteiger partial charge in [0, 0.05) is 46.1 Å². The van der Waals surface area contributed by atoms with Crippen LogP contribution in [-0.4, -0.2) is 61.3 Å². The van der Waals surface area contributed by atoms with E-state index >= 15 is 0 Å². The smallest absolute Gasteiger partial charge is 0.410 e. The first-order valence-electron chi connectivity index (χ1n) is 10.7. The maximum atomic E-state index is 13.3. The van der Waals surface area contributed by atoms with Gasteiger partial charge in [0.25, 0.3) is 0 Å². The molecule has 2 fully saturated rings. The number of hydrogen-bond donors (Lipinski definition) is 0. The molecule has 0 atom stereocenters. The fourth-order valence-electron chi connectivity index (χ4n) is 4.39. The number of likely N-dealkylation sites (N-methyl/N-ethyl adjacent to an activating group) is 1. The molecule has 2 aliphatic rings. The number of nitrogens with zero attached hydrogens (tertiary/aromatic N) is 2. The van der Waals surface area contributed by atoms with Crippen LogP contribution in [0.15, 0.2) is 48.5 Å². The Hall–Kier alpha value is -2.51. The quantitative estimate of drug-likeness (QED) is 0.612. The van der Waals surface area contributed by atoms with Gasteiger partial charge in [0.1, 0.15) is 23.3 Å². The standard InChI is InChI=1S/C24H28F2N2O3/c1-27-17-24(31-23(27)29)11-14-28(15-12-24)13-2-16-30-22(18-3-7-20(25)8-4-18)19-5-9-21(26)10-6-19/h3-10,22H,2,11-17H2,1H3. The van der Waals surface area contributed by atoms with Gasteiger partial charge in [-0.05, 0) is 41.8 Å². The zero-order valence-corrected chi connectivity index (χ0v) is 17.7. The van der Waals surface area contributed by atoms with Gasteiger partial charge >= 0.3 is 6.09 Å². The van der Waals surface area contributed by atoms with Crippen LogP contribution in [0.4, 0.5) is 13.6 Å². The van der Waals surface area contributed by atoms with Crippen molar-refractivity contribution in [1.29, 1.82) is 0 Å². The van der Waals surface area contributed by atoms with Crippen molar-refractivity contribution in [3.8, 4) is 0 Å². The number of ether oxygens (including phenoxy) is 2. The van der Waals surface area contributed by atoms with Gasteiger partial charge < -0.3 is 19.3 Å². The summed E-state index contributed by atoms with van der Waals surface area (Å²) in [6.45, 7) is 3.86. The number of benzene rings is 2. The van der Waals surface area contributed by atoms with Crippen molar-refractivity contribution < 1.29 is 23.0 Å². The fraction of sp³-hybridized carbons (Fsp3) is 0.458. The molecule has 2 aromatic rings. The van der Waals surface area contributed by atoms with Crippen LogP contribution in [-0.2, 0) is 9.47 Å². The van der Waals surface area contributed by atoms with E-state index in [0.717, 1.165) is 50.0 Å². The van der Waals surface area contributed by atoms with E-state index in [4.69, 9.17) is 9.47 Å². The summed E-state index contributed by atoms with van der Waals surface area (Å²) in [6.07, 6.45) is 1.93. The number of likely N-dealkylation sites (tertiary alicyclic amines) is 1. The Morgan fingerprint density at radius 1 is 1.00 bits per heavy atom. The molecule has 4 rings (SSSR count). The summed E-state index contributed by atoms with van der Waals surface area (Å²) in [5.74, 6) is -0.604. The third-order valence-electron chi connectivity index (χ3n) is 6.16. The molecule has 7 heteroatoms. The number of piperidine rings is 1. The van der Waals surface area contributed by atoms with Crippen molar-refractivity contribution in [1.82, 2.24) is 9.80 Å². The number of rotatable bonds is 7. The zero-order valence-electron chi connectivity index (χ0n) is 17.7. The summed E-state index contributed by atoms with van der Waals surface area (Å²) in [5.41, 5.74) is 1.34. The first-order valence-corrected chi connectivity index (χ1v) is 10.7. The minimum Gasteiger partial charge on any atom is -0.441 e. The second-order valence-corrected chi connectivity index (χ2v) is 8.46. The van der Waals surface area contributed by atoms with Crippen molar-refractivity contribution >= 4 is 6.09 Å². The molecule has 2 aliphatic heterocycles. The summed E-state index contributed by atoms with van der Waals surface area (Å²) in [5, 5.41) is 0. The maximum absolute atomic E-state index is 13.3. The van der Waals surface area contributed by atoms with Crippen LogP contribution in [0, 0.1) is 11.6 Å². The predicted octanol–water partition coefficient (Wildman–Crippen LogP) is 4.38. The van der Waals surface area contributed by atoms with Crippen LogP contribution >= 0.6 is 0 Å². The van der Waals surface area contributed by atoms with Crippen LogP contribution in [0.5, 0.6) is 0 Å². The Balaban J connectivity index is 1.29. The van der Waals surface area contributed by atoms with E-state index in [2.05, 4.69) is 4.90 Å². The molecule has 0 bridgehead atoms. The highest BCUT2D eigenvalue weighted by Gasteiger charge is 2.45. The normalized spacial score (nSPS) is 18.7. The Morgan fingerprint density at radius 2 is 1.55 bits per heavy atom. The molecule has 2 saturated heterocycles. The summed E-state index contributed by atoms with van der Waals surface area (Å²) in [4.78, 5) is 15.7. The second kappa shape index (κ2) is 9.32. The van der Waals surface area contributed by atoms with Gasteiger partial charge in [0.05, 0.1) is 6.54 Å². The van der Waals surface area contributed by atoms with Gasteiger partial charge in [0.2, 0.25) is 0 Å². The lowest BCUT2D eigenvalue weighted by Crippen LogP contribution is -2.47. The highest BCUT2D eigenvalue weighted by molar-refractivity contribution is 5.70. The molecule has 166 valence electrons. The SMILES string of the molecule is CN1CC2(CCN(CCCOC(c3ccc(F)cc3)c3ccc(F)cc3)CC2)OC1=O. The summed E-state index contributed by atoms with van der Waals surface area (Å²) < 4.78 is 38.5. The minimum atomic E-state index is -0.376.